The molecule has 0 aromatic rings. The Morgan fingerprint density at radius 3 is 2.46 bits per heavy atom. The highest BCUT2D eigenvalue weighted by Gasteiger charge is 2.48. The van der Waals surface area contributed by atoms with Crippen LogP contribution in [0, 0.1) is 17.3 Å². The summed E-state index contributed by atoms with van der Waals surface area (Å²) >= 11 is 0. The first-order valence-corrected chi connectivity index (χ1v) is 11.3. The van der Waals surface area contributed by atoms with Crippen LogP contribution < -0.4 is 0 Å². The Morgan fingerprint density at radius 1 is 1.11 bits per heavy atom. The van der Waals surface area contributed by atoms with E-state index in [1.165, 1.54) is 52.0 Å². The molecule has 3 fully saturated rings. The van der Waals surface area contributed by atoms with Crippen molar-refractivity contribution in [2.75, 3.05) is 13.7 Å². The number of rotatable bonds is 9. The van der Waals surface area contributed by atoms with Crippen molar-refractivity contribution < 1.29 is 19.5 Å². The number of ether oxygens (including phenoxy) is 2. The van der Waals surface area contributed by atoms with Gasteiger partial charge in [0.2, 0.25) is 0 Å². The van der Waals surface area contributed by atoms with Crippen molar-refractivity contribution in [3.05, 3.63) is 12.2 Å². The minimum absolute atomic E-state index is 0.234. The number of hydrogen-bond donors (Lipinski definition) is 1. The first-order valence-electron chi connectivity index (χ1n) is 11.3. The van der Waals surface area contributed by atoms with E-state index >= 15 is 0 Å². The van der Waals surface area contributed by atoms with Gasteiger partial charge in [0.05, 0.1) is 24.9 Å². The fourth-order valence-corrected chi connectivity index (χ4v) is 5.27. The van der Waals surface area contributed by atoms with Crippen molar-refractivity contribution >= 4 is 5.91 Å². The minimum Gasteiger partial charge on any atom is -0.378 e. The number of hydroxylamine groups is 2. The van der Waals surface area contributed by atoms with E-state index in [0.717, 1.165) is 25.9 Å². The number of nitrogens with zero attached hydrogens (tertiary/aromatic N) is 1. The van der Waals surface area contributed by atoms with Crippen LogP contribution in [-0.4, -0.2) is 48.1 Å². The second-order valence-electron chi connectivity index (χ2n) is 9.67. The van der Waals surface area contributed by atoms with Crippen molar-refractivity contribution in [1.29, 1.82) is 0 Å². The Labute approximate surface area is 170 Å². The highest BCUT2D eigenvalue weighted by Crippen LogP contribution is 2.45. The molecule has 2 heterocycles. The van der Waals surface area contributed by atoms with Crippen molar-refractivity contribution in [3.63, 3.8) is 0 Å². The highest BCUT2D eigenvalue weighted by atomic mass is 16.5. The van der Waals surface area contributed by atoms with Gasteiger partial charge in [-0.3, -0.25) is 10.0 Å². The van der Waals surface area contributed by atoms with Crippen LogP contribution in [0.5, 0.6) is 0 Å². The molecule has 2 bridgehead atoms. The lowest BCUT2D eigenvalue weighted by Gasteiger charge is -2.30. The maximum atomic E-state index is 12.0. The zero-order valence-corrected chi connectivity index (χ0v) is 17.9. The zero-order chi connectivity index (χ0) is 20.1. The van der Waals surface area contributed by atoms with Gasteiger partial charge in [-0.15, -0.1) is 0 Å². The monoisotopic (exact) mass is 393 g/mol. The van der Waals surface area contributed by atoms with Crippen LogP contribution in [0.15, 0.2) is 12.2 Å². The predicted octanol–water partition coefficient (Wildman–Crippen LogP) is 4.73. The Bertz CT molecular complexity index is 539. The van der Waals surface area contributed by atoms with Crippen LogP contribution in [0.1, 0.15) is 78.1 Å². The molecule has 1 aliphatic carbocycles. The van der Waals surface area contributed by atoms with Crippen LogP contribution in [0.3, 0.4) is 0 Å². The number of amides is 1. The Hall–Kier alpha value is -0.910. The fourth-order valence-electron chi connectivity index (χ4n) is 5.27. The normalized spacial score (nSPS) is 31.0. The van der Waals surface area contributed by atoms with Crippen molar-refractivity contribution in [2.24, 2.45) is 17.3 Å². The van der Waals surface area contributed by atoms with E-state index < -0.39 is 5.41 Å². The summed E-state index contributed by atoms with van der Waals surface area (Å²) in [5.41, 5.74) is -0.542. The van der Waals surface area contributed by atoms with E-state index in [-0.39, 0.29) is 5.91 Å². The van der Waals surface area contributed by atoms with Gasteiger partial charge < -0.3 is 9.47 Å². The first-order chi connectivity index (χ1) is 13.4. The van der Waals surface area contributed by atoms with Gasteiger partial charge in [0.1, 0.15) is 0 Å². The molecule has 0 aromatic heterocycles. The largest absolute Gasteiger partial charge is 0.378 e. The lowest BCUT2D eigenvalue weighted by atomic mass is 9.77. The van der Waals surface area contributed by atoms with Crippen molar-refractivity contribution in [2.45, 2.75) is 96.4 Å². The molecule has 0 unspecified atom stereocenters. The molecule has 5 heteroatoms. The molecular formula is C23H39NO4. The number of fused-ring (bicyclic) bond motifs is 2. The summed E-state index contributed by atoms with van der Waals surface area (Å²) in [5.74, 6) is 0.866. The van der Waals surface area contributed by atoms with E-state index in [2.05, 4.69) is 12.2 Å². The van der Waals surface area contributed by atoms with E-state index in [9.17, 15) is 10.0 Å². The molecule has 1 amide bonds. The molecule has 1 N–H and O–H groups in total. The van der Waals surface area contributed by atoms with Crippen LogP contribution >= 0.6 is 0 Å². The third-order valence-corrected chi connectivity index (χ3v) is 7.05. The Kier molecular flexibility index (Phi) is 7.57. The molecule has 1 saturated carbocycles. The van der Waals surface area contributed by atoms with Crippen molar-refractivity contribution in [1.82, 2.24) is 5.06 Å². The van der Waals surface area contributed by atoms with Crippen LogP contribution in [0.4, 0.5) is 0 Å². The van der Waals surface area contributed by atoms with Crippen molar-refractivity contribution in [3.8, 4) is 0 Å². The minimum atomic E-state index is -0.542. The molecule has 3 rings (SSSR count). The molecule has 5 nitrogen and oxygen atoms in total. The quantitative estimate of drug-likeness (QED) is 0.349. The molecule has 160 valence electrons. The summed E-state index contributed by atoms with van der Waals surface area (Å²) in [6, 6.07) is 0. The number of carbonyl (C=O) groups excluding carboxylic acids is 1. The number of allylic oxidation sites excluding steroid dienone is 2. The SMILES string of the molecule is CN(O)C(=O)C(C)(C)CC/C=C\C[C@H]1[C@@H](COC2CCCCC2)[C@H]2CC[C@@H]1O2. The summed E-state index contributed by atoms with van der Waals surface area (Å²) in [6.07, 6.45) is 17.2. The summed E-state index contributed by atoms with van der Waals surface area (Å²) in [6.45, 7) is 4.63. The van der Waals surface area contributed by atoms with Gasteiger partial charge in [0, 0.05) is 18.4 Å². The van der Waals surface area contributed by atoms with Crippen LogP contribution in [-0.2, 0) is 14.3 Å². The molecule has 3 aliphatic rings. The predicted molar refractivity (Wildman–Crippen MR) is 109 cm³/mol. The van der Waals surface area contributed by atoms with Gasteiger partial charge in [-0.1, -0.05) is 45.3 Å². The molecule has 2 aliphatic heterocycles. The summed E-state index contributed by atoms with van der Waals surface area (Å²) in [5, 5.41) is 10.1. The maximum Gasteiger partial charge on any atom is 0.251 e. The van der Waals surface area contributed by atoms with Gasteiger partial charge in [0.15, 0.2) is 0 Å². The second-order valence-corrected chi connectivity index (χ2v) is 9.67. The van der Waals surface area contributed by atoms with Crippen LogP contribution in [0.25, 0.3) is 0 Å². The number of hydrogen-bond acceptors (Lipinski definition) is 4. The number of carbonyl (C=O) groups is 1. The van der Waals surface area contributed by atoms with Gasteiger partial charge in [-0.25, -0.2) is 5.06 Å². The lowest BCUT2D eigenvalue weighted by Crippen LogP contribution is -2.36. The summed E-state index contributed by atoms with van der Waals surface area (Å²) in [7, 11) is 1.39. The molecular weight excluding hydrogens is 354 g/mol. The van der Waals surface area contributed by atoms with Gasteiger partial charge in [-0.2, -0.15) is 0 Å². The van der Waals surface area contributed by atoms with Crippen LogP contribution in [0.2, 0.25) is 0 Å². The molecule has 0 aromatic carbocycles. The molecule has 0 radical (unpaired) electrons. The Balaban J connectivity index is 1.44. The maximum absolute atomic E-state index is 12.0. The fraction of sp³-hybridized carbons (Fsp3) is 0.870. The lowest BCUT2D eigenvalue weighted by molar-refractivity contribution is -0.169. The summed E-state index contributed by atoms with van der Waals surface area (Å²) < 4.78 is 12.5. The van der Waals surface area contributed by atoms with E-state index in [1.807, 2.05) is 13.8 Å². The average molecular weight is 394 g/mol. The molecule has 4 atom stereocenters. The third-order valence-electron chi connectivity index (χ3n) is 7.05. The van der Waals surface area contributed by atoms with Gasteiger partial charge in [-0.05, 0) is 50.9 Å². The molecule has 28 heavy (non-hydrogen) atoms. The van der Waals surface area contributed by atoms with Gasteiger partial charge >= 0.3 is 0 Å². The smallest absolute Gasteiger partial charge is 0.251 e. The molecule has 0 spiro atoms. The highest BCUT2D eigenvalue weighted by molar-refractivity contribution is 5.80. The Morgan fingerprint density at radius 2 is 1.79 bits per heavy atom. The zero-order valence-electron chi connectivity index (χ0n) is 17.9. The standard InChI is InChI=1S/C23H39NO4/c1-23(2,22(25)24(3)26)15-9-5-8-12-18-19(21-14-13-20(18)28-21)16-27-17-10-6-4-7-11-17/h5,8,17-21,26H,4,6-7,9-16H2,1-3H3/b8-5-/t18-,19+,20-,21+/m0/s1. The van der Waals surface area contributed by atoms with Gasteiger partial charge in [0.25, 0.3) is 5.91 Å². The van der Waals surface area contributed by atoms with E-state index in [1.54, 1.807) is 0 Å². The topological polar surface area (TPSA) is 59.0 Å². The first kappa shape index (κ1) is 21.8. The summed E-state index contributed by atoms with van der Waals surface area (Å²) in [4.78, 5) is 12.0. The average Bonchev–Trinajstić information content (AvgIpc) is 3.28. The van der Waals surface area contributed by atoms with E-state index in [4.69, 9.17) is 9.47 Å². The molecule has 2 saturated heterocycles. The second kappa shape index (κ2) is 9.73. The van der Waals surface area contributed by atoms with E-state index in [0.29, 0.717) is 35.2 Å². The third kappa shape index (κ3) is 5.37.